The lowest BCUT2D eigenvalue weighted by molar-refractivity contribution is 0.527. The molecule has 1 atom stereocenters. The lowest BCUT2D eigenvalue weighted by Gasteiger charge is -2.14. The molecular formula is C15H12BrFN2O2. The monoisotopic (exact) mass is 350 g/mol. The van der Waals surface area contributed by atoms with E-state index in [1.807, 2.05) is 0 Å². The van der Waals surface area contributed by atoms with Gasteiger partial charge >= 0.3 is 5.76 Å². The van der Waals surface area contributed by atoms with Crippen molar-refractivity contribution in [3.63, 3.8) is 0 Å². The average molecular weight is 351 g/mol. The first-order valence-electron chi connectivity index (χ1n) is 6.27. The molecule has 3 aromatic rings. The molecule has 108 valence electrons. The van der Waals surface area contributed by atoms with Gasteiger partial charge in [0.15, 0.2) is 5.58 Å². The second-order valence-electron chi connectivity index (χ2n) is 4.80. The highest BCUT2D eigenvalue weighted by Crippen LogP contribution is 2.29. The Morgan fingerprint density at radius 2 is 2.05 bits per heavy atom. The average Bonchev–Trinajstić information content (AvgIpc) is 2.75. The van der Waals surface area contributed by atoms with Gasteiger partial charge in [-0.05, 0) is 41.5 Å². The minimum absolute atomic E-state index is 0.351. The summed E-state index contributed by atoms with van der Waals surface area (Å²) in [6.45, 7) is 0. The molecule has 0 spiro atoms. The smallest absolute Gasteiger partial charge is 0.408 e. The summed E-state index contributed by atoms with van der Waals surface area (Å²) in [5.74, 6) is -0.779. The first-order chi connectivity index (χ1) is 9.97. The van der Waals surface area contributed by atoms with Crippen LogP contribution in [0.15, 0.2) is 50.1 Å². The van der Waals surface area contributed by atoms with E-state index in [4.69, 9.17) is 10.2 Å². The Hall–Kier alpha value is -1.92. The summed E-state index contributed by atoms with van der Waals surface area (Å²) in [6, 6.07) is 9.12. The Bertz CT molecular complexity index is 885. The number of aryl methyl sites for hydroxylation is 1. The van der Waals surface area contributed by atoms with Gasteiger partial charge in [-0.1, -0.05) is 22.0 Å². The summed E-state index contributed by atoms with van der Waals surface area (Å²) in [5, 5.41) is 0. The maximum Gasteiger partial charge on any atom is 0.419 e. The van der Waals surface area contributed by atoms with Crippen molar-refractivity contribution in [2.75, 3.05) is 0 Å². The molecule has 0 aliphatic carbocycles. The Morgan fingerprint density at radius 3 is 2.81 bits per heavy atom. The predicted octanol–water partition coefficient (Wildman–Crippen LogP) is 3.08. The van der Waals surface area contributed by atoms with E-state index in [0.29, 0.717) is 16.7 Å². The maximum atomic E-state index is 13.4. The largest absolute Gasteiger partial charge is 0.419 e. The van der Waals surface area contributed by atoms with E-state index >= 15 is 0 Å². The molecule has 4 nitrogen and oxygen atoms in total. The fourth-order valence-electron chi connectivity index (χ4n) is 2.28. The van der Waals surface area contributed by atoms with E-state index in [0.717, 1.165) is 10.0 Å². The van der Waals surface area contributed by atoms with Gasteiger partial charge in [-0.2, -0.15) is 0 Å². The number of aromatic nitrogens is 1. The number of oxazole rings is 1. The highest BCUT2D eigenvalue weighted by molar-refractivity contribution is 9.10. The SMILES string of the molecule is Cn1c(=O)oc2cc(C(N)c3cc(F)ccc3Br)ccc21. The number of fused-ring (bicyclic) bond motifs is 1. The molecule has 0 aliphatic heterocycles. The third-order valence-electron chi connectivity index (χ3n) is 3.47. The maximum absolute atomic E-state index is 13.4. The predicted molar refractivity (Wildman–Crippen MR) is 81.6 cm³/mol. The molecular weight excluding hydrogens is 339 g/mol. The van der Waals surface area contributed by atoms with Crippen molar-refractivity contribution in [1.29, 1.82) is 0 Å². The van der Waals surface area contributed by atoms with Crippen molar-refractivity contribution in [1.82, 2.24) is 4.57 Å². The molecule has 1 heterocycles. The van der Waals surface area contributed by atoms with Gasteiger partial charge in [0.1, 0.15) is 5.82 Å². The summed E-state index contributed by atoms with van der Waals surface area (Å²) < 4.78 is 20.7. The van der Waals surface area contributed by atoms with Crippen molar-refractivity contribution < 1.29 is 8.81 Å². The molecule has 1 unspecified atom stereocenters. The first-order valence-corrected chi connectivity index (χ1v) is 7.06. The number of benzene rings is 2. The zero-order valence-corrected chi connectivity index (χ0v) is 12.7. The van der Waals surface area contributed by atoms with Crippen LogP contribution in [0.25, 0.3) is 11.1 Å². The van der Waals surface area contributed by atoms with Crippen LogP contribution in [0, 0.1) is 5.82 Å². The minimum atomic E-state index is -0.523. The van der Waals surface area contributed by atoms with Crippen LogP contribution in [-0.4, -0.2) is 4.57 Å². The van der Waals surface area contributed by atoms with Crippen molar-refractivity contribution in [2.24, 2.45) is 12.8 Å². The van der Waals surface area contributed by atoms with Crippen molar-refractivity contribution in [3.8, 4) is 0 Å². The lowest BCUT2D eigenvalue weighted by atomic mass is 9.99. The van der Waals surface area contributed by atoms with E-state index in [1.165, 1.54) is 16.7 Å². The Balaban J connectivity index is 2.11. The third-order valence-corrected chi connectivity index (χ3v) is 4.19. The van der Waals surface area contributed by atoms with E-state index in [1.54, 1.807) is 31.3 Å². The fraction of sp³-hybridized carbons (Fsp3) is 0.133. The van der Waals surface area contributed by atoms with Crippen molar-refractivity contribution in [3.05, 3.63) is 68.4 Å². The summed E-state index contributed by atoms with van der Waals surface area (Å²) in [7, 11) is 1.64. The summed E-state index contributed by atoms with van der Waals surface area (Å²) >= 11 is 3.37. The van der Waals surface area contributed by atoms with Crippen LogP contribution in [0.4, 0.5) is 4.39 Å². The number of rotatable bonds is 2. The molecule has 0 radical (unpaired) electrons. The van der Waals surface area contributed by atoms with Crippen LogP contribution in [-0.2, 0) is 7.05 Å². The van der Waals surface area contributed by atoms with Crippen LogP contribution in [0.5, 0.6) is 0 Å². The van der Waals surface area contributed by atoms with Gasteiger partial charge in [0.25, 0.3) is 0 Å². The molecule has 6 heteroatoms. The number of nitrogens with zero attached hydrogens (tertiary/aromatic N) is 1. The van der Waals surface area contributed by atoms with Gasteiger partial charge in [-0.3, -0.25) is 4.57 Å². The molecule has 0 amide bonds. The van der Waals surface area contributed by atoms with Gasteiger partial charge in [0.2, 0.25) is 0 Å². The Kier molecular flexibility index (Phi) is 3.43. The second-order valence-corrected chi connectivity index (χ2v) is 5.65. The van der Waals surface area contributed by atoms with Crippen LogP contribution in [0.1, 0.15) is 17.2 Å². The molecule has 21 heavy (non-hydrogen) atoms. The van der Waals surface area contributed by atoms with E-state index in [-0.39, 0.29) is 5.82 Å². The Labute approximate surface area is 128 Å². The van der Waals surface area contributed by atoms with Crippen LogP contribution in [0.2, 0.25) is 0 Å². The summed E-state index contributed by atoms with van der Waals surface area (Å²) in [5.41, 5.74) is 8.72. The molecule has 3 rings (SSSR count). The minimum Gasteiger partial charge on any atom is -0.408 e. The van der Waals surface area contributed by atoms with Crippen molar-refractivity contribution >= 4 is 27.0 Å². The highest BCUT2D eigenvalue weighted by Gasteiger charge is 2.15. The normalized spacial score (nSPS) is 12.8. The Morgan fingerprint density at radius 1 is 1.29 bits per heavy atom. The van der Waals surface area contributed by atoms with E-state index in [9.17, 15) is 9.18 Å². The van der Waals surface area contributed by atoms with Crippen molar-refractivity contribution in [2.45, 2.75) is 6.04 Å². The quantitative estimate of drug-likeness (QED) is 0.772. The zero-order chi connectivity index (χ0) is 15.1. The van der Waals surface area contributed by atoms with Gasteiger partial charge in [-0.25, -0.2) is 9.18 Å². The lowest BCUT2D eigenvalue weighted by Crippen LogP contribution is -2.12. The molecule has 2 aromatic carbocycles. The fourth-order valence-corrected chi connectivity index (χ4v) is 2.77. The number of halogens is 2. The van der Waals surface area contributed by atoms with Gasteiger partial charge in [0, 0.05) is 11.5 Å². The molecule has 0 aliphatic rings. The van der Waals surface area contributed by atoms with E-state index in [2.05, 4.69) is 15.9 Å². The highest BCUT2D eigenvalue weighted by atomic mass is 79.9. The zero-order valence-electron chi connectivity index (χ0n) is 11.1. The number of hydrogen-bond donors (Lipinski definition) is 1. The van der Waals surface area contributed by atoms with Crippen LogP contribution < -0.4 is 11.5 Å². The molecule has 2 N–H and O–H groups in total. The molecule has 0 bridgehead atoms. The molecule has 0 saturated heterocycles. The topological polar surface area (TPSA) is 61.2 Å². The van der Waals surface area contributed by atoms with E-state index < -0.39 is 11.8 Å². The number of nitrogens with two attached hydrogens (primary N) is 1. The number of hydrogen-bond acceptors (Lipinski definition) is 3. The van der Waals surface area contributed by atoms with Crippen LogP contribution in [0.3, 0.4) is 0 Å². The summed E-state index contributed by atoms with van der Waals surface area (Å²) in [4.78, 5) is 11.5. The molecule has 0 saturated carbocycles. The van der Waals surface area contributed by atoms with Gasteiger partial charge < -0.3 is 10.2 Å². The standard InChI is InChI=1S/C15H12BrFN2O2/c1-19-12-5-2-8(6-13(12)21-15(19)20)14(18)10-7-9(17)3-4-11(10)16/h2-7,14H,18H2,1H3. The van der Waals surface area contributed by atoms with Gasteiger partial charge in [-0.15, -0.1) is 0 Å². The first kappa shape index (κ1) is 14.0. The molecule has 1 aromatic heterocycles. The molecule has 0 fully saturated rings. The second kappa shape index (κ2) is 5.13. The summed E-state index contributed by atoms with van der Waals surface area (Å²) in [6.07, 6.45) is 0. The third kappa shape index (κ3) is 2.41. The van der Waals surface area contributed by atoms with Crippen LogP contribution >= 0.6 is 15.9 Å². The van der Waals surface area contributed by atoms with Gasteiger partial charge in [0.05, 0.1) is 11.6 Å².